The molecule has 5 heteroatoms. The molecule has 0 bridgehead atoms. The Balaban J connectivity index is 3.06. The Hall–Kier alpha value is -1.51. The van der Waals surface area contributed by atoms with E-state index in [0.717, 1.165) is 0 Å². The fraction of sp³-hybridized carbons (Fsp3) is 0.111. The van der Waals surface area contributed by atoms with E-state index >= 15 is 0 Å². The molecular formula is C9H9NO3S. The van der Waals surface area contributed by atoms with Gasteiger partial charge in [-0.1, -0.05) is 18.1 Å². The van der Waals surface area contributed by atoms with Gasteiger partial charge in [-0.2, -0.15) is 4.72 Å². The van der Waals surface area contributed by atoms with Gasteiger partial charge in [-0.25, -0.2) is 8.42 Å². The van der Waals surface area contributed by atoms with E-state index in [1.54, 1.807) is 0 Å². The molecule has 0 atom stereocenters. The molecule has 0 aliphatic carbocycles. The van der Waals surface area contributed by atoms with Crippen LogP contribution in [-0.2, 0) is 10.0 Å². The number of aromatic hydroxyl groups is 1. The maximum absolute atomic E-state index is 11.4. The zero-order valence-electron chi connectivity index (χ0n) is 7.27. The van der Waals surface area contributed by atoms with Crippen LogP contribution in [0.2, 0.25) is 0 Å². The van der Waals surface area contributed by atoms with Gasteiger partial charge >= 0.3 is 0 Å². The monoisotopic (exact) mass is 211 g/mol. The second kappa shape index (κ2) is 4.13. The van der Waals surface area contributed by atoms with Gasteiger partial charge in [-0.15, -0.1) is 6.42 Å². The molecule has 0 saturated carbocycles. The number of phenols is 1. The van der Waals surface area contributed by atoms with E-state index in [1.807, 2.05) is 0 Å². The van der Waals surface area contributed by atoms with Crippen molar-refractivity contribution in [1.29, 1.82) is 0 Å². The van der Waals surface area contributed by atoms with E-state index in [0.29, 0.717) is 0 Å². The van der Waals surface area contributed by atoms with Crippen molar-refractivity contribution in [2.75, 3.05) is 6.54 Å². The van der Waals surface area contributed by atoms with Crippen molar-refractivity contribution in [1.82, 2.24) is 4.72 Å². The third-order valence-corrected chi connectivity index (χ3v) is 2.97. The third kappa shape index (κ3) is 2.25. The summed E-state index contributed by atoms with van der Waals surface area (Å²) in [5.41, 5.74) is 0. The minimum Gasteiger partial charge on any atom is -0.507 e. The van der Waals surface area contributed by atoms with Crippen LogP contribution in [0.3, 0.4) is 0 Å². The molecule has 0 amide bonds. The van der Waals surface area contributed by atoms with E-state index in [4.69, 9.17) is 6.42 Å². The van der Waals surface area contributed by atoms with Gasteiger partial charge in [-0.05, 0) is 12.1 Å². The molecule has 0 spiro atoms. The highest BCUT2D eigenvalue weighted by molar-refractivity contribution is 7.89. The molecule has 4 nitrogen and oxygen atoms in total. The summed E-state index contributed by atoms with van der Waals surface area (Å²) in [5, 5.41) is 9.27. The molecule has 14 heavy (non-hydrogen) atoms. The highest BCUT2D eigenvalue weighted by Crippen LogP contribution is 2.20. The molecule has 1 rings (SSSR count). The molecule has 0 fully saturated rings. The minimum atomic E-state index is -3.70. The largest absolute Gasteiger partial charge is 0.507 e. The molecule has 0 aliphatic rings. The molecule has 0 saturated heterocycles. The lowest BCUT2D eigenvalue weighted by Crippen LogP contribution is -2.23. The van der Waals surface area contributed by atoms with Gasteiger partial charge in [0, 0.05) is 0 Å². The normalized spacial score (nSPS) is 10.8. The molecule has 1 aromatic rings. The molecular weight excluding hydrogens is 202 g/mol. The number of sulfonamides is 1. The summed E-state index contributed by atoms with van der Waals surface area (Å²) >= 11 is 0. The maximum atomic E-state index is 11.4. The summed E-state index contributed by atoms with van der Waals surface area (Å²) in [6.45, 7) is -0.101. The highest BCUT2D eigenvalue weighted by atomic mass is 32.2. The first kappa shape index (κ1) is 10.6. The maximum Gasteiger partial charge on any atom is 0.245 e. The van der Waals surface area contributed by atoms with Crippen LogP contribution in [0.15, 0.2) is 29.2 Å². The number of rotatable bonds is 3. The molecule has 1 aromatic carbocycles. The van der Waals surface area contributed by atoms with Crippen molar-refractivity contribution < 1.29 is 13.5 Å². The van der Waals surface area contributed by atoms with Gasteiger partial charge in [-0.3, -0.25) is 0 Å². The summed E-state index contributed by atoms with van der Waals surface area (Å²) in [6, 6.07) is 5.65. The fourth-order valence-electron chi connectivity index (χ4n) is 0.899. The van der Waals surface area contributed by atoms with E-state index < -0.39 is 10.0 Å². The van der Waals surface area contributed by atoms with Gasteiger partial charge in [0.1, 0.15) is 10.6 Å². The predicted octanol–water partition coefficient (Wildman–Crippen LogP) is 0.304. The number of nitrogens with one attached hydrogen (secondary N) is 1. The van der Waals surface area contributed by atoms with Crippen LogP contribution in [-0.4, -0.2) is 20.1 Å². The number of hydrogen-bond acceptors (Lipinski definition) is 3. The van der Waals surface area contributed by atoms with E-state index in [9.17, 15) is 13.5 Å². The zero-order valence-corrected chi connectivity index (χ0v) is 8.08. The first-order chi connectivity index (χ1) is 6.58. The van der Waals surface area contributed by atoms with Crippen LogP contribution in [0.25, 0.3) is 0 Å². The van der Waals surface area contributed by atoms with Gasteiger partial charge in [0.05, 0.1) is 6.54 Å². The van der Waals surface area contributed by atoms with Crippen molar-refractivity contribution in [3.63, 3.8) is 0 Å². The second-order valence-electron chi connectivity index (χ2n) is 2.50. The minimum absolute atomic E-state index is 0.101. The van der Waals surface area contributed by atoms with Gasteiger partial charge in [0.15, 0.2) is 0 Å². The van der Waals surface area contributed by atoms with E-state index in [1.165, 1.54) is 24.3 Å². The van der Waals surface area contributed by atoms with Gasteiger partial charge < -0.3 is 5.11 Å². The lowest BCUT2D eigenvalue weighted by atomic mass is 10.3. The Morgan fingerprint density at radius 3 is 2.64 bits per heavy atom. The van der Waals surface area contributed by atoms with Crippen LogP contribution >= 0.6 is 0 Å². The van der Waals surface area contributed by atoms with Crippen LogP contribution < -0.4 is 4.72 Å². The number of phenolic OH excluding ortho intramolecular Hbond substituents is 1. The van der Waals surface area contributed by atoms with Gasteiger partial charge in [0.2, 0.25) is 10.0 Å². The molecule has 0 radical (unpaired) electrons. The van der Waals surface area contributed by atoms with E-state index in [-0.39, 0.29) is 17.2 Å². The lowest BCUT2D eigenvalue weighted by molar-refractivity contribution is 0.458. The number of terminal acetylenes is 1. The van der Waals surface area contributed by atoms with Crippen molar-refractivity contribution in [2.24, 2.45) is 0 Å². The summed E-state index contributed by atoms with van der Waals surface area (Å²) in [6.07, 6.45) is 4.91. The van der Waals surface area contributed by atoms with Crippen molar-refractivity contribution in [2.45, 2.75) is 4.90 Å². The summed E-state index contributed by atoms with van der Waals surface area (Å²) < 4.78 is 25.0. The van der Waals surface area contributed by atoms with Crippen LogP contribution in [0.5, 0.6) is 5.75 Å². The van der Waals surface area contributed by atoms with E-state index in [2.05, 4.69) is 10.6 Å². The third-order valence-electron chi connectivity index (χ3n) is 1.52. The van der Waals surface area contributed by atoms with Crippen molar-refractivity contribution in [3.05, 3.63) is 24.3 Å². The van der Waals surface area contributed by atoms with Crippen molar-refractivity contribution >= 4 is 10.0 Å². The molecule has 0 heterocycles. The topological polar surface area (TPSA) is 66.4 Å². The quantitative estimate of drug-likeness (QED) is 0.707. The summed E-state index contributed by atoms with van der Waals surface area (Å²) in [4.78, 5) is -0.171. The van der Waals surface area contributed by atoms with Crippen LogP contribution in [0.1, 0.15) is 0 Å². The summed E-state index contributed by atoms with van der Waals surface area (Å²) in [7, 11) is -3.70. The Morgan fingerprint density at radius 2 is 2.07 bits per heavy atom. The Kier molecular flexibility index (Phi) is 3.12. The van der Waals surface area contributed by atoms with Crippen LogP contribution in [0, 0.1) is 12.3 Å². The molecule has 2 N–H and O–H groups in total. The second-order valence-corrected chi connectivity index (χ2v) is 4.23. The highest BCUT2D eigenvalue weighted by Gasteiger charge is 2.16. The zero-order chi connectivity index (χ0) is 10.6. The SMILES string of the molecule is C#CCNS(=O)(=O)c1ccccc1O. The first-order valence-corrected chi connectivity index (χ1v) is 5.27. The first-order valence-electron chi connectivity index (χ1n) is 3.79. The predicted molar refractivity (Wildman–Crippen MR) is 52.1 cm³/mol. The number of para-hydroxylation sites is 1. The van der Waals surface area contributed by atoms with Crippen molar-refractivity contribution in [3.8, 4) is 18.1 Å². The average molecular weight is 211 g/mol. The molecule has 0 unspecified atom stereocenters. The molecule has 0 aliphatic heterocycles. The summed E-state index contributed by atoms with van der Waals surface area (Å²) in [5.74, 6) is 1.85. The van der Waals surface area contributed by atoms with Gasteiger partial charge in [0.25, 0.3) is 0 Å². The smallest absolute Gasteiger partial charge is 0.245 e. The fourth-order valence-corrected chi connectivity index (χ4v) is 1.93. The lowest BCUT2D eigenvalue weighted by Gasteiger charge is -2.05. The average Bonchev–Trinajstić information content (AvgIpc) is 2.15. The Bertz CT molecular complexity index is 459. The number of benzene rings is 1. The molecule has 0 aromatic heterocycles. The standard InChI is InChI=1S/C9H9NO3S/c1-2-7-10-14(12,13)9-6-4-3-5-8(9)11/h1,3-6,10-11H,7H2. The molecule has 74 valence electrons. The van der Waals surface area contributed by atoms with Crippen LogP contribution in [0.4, 0.5) is 0 Å². The Labute approximate surface area is 82.6 Å². The number of hydrogen-bond donors (Lipinski definition) is 2. The Morgan fingerprint density at radius 1 is 1.43 bits per heavy atom.